The highest BCUT2D eigenvalue weighted by molar-refractivity contribution is 6.30. The van der Waals surface area contributed by atoms with Crippen molar-refractivity contribution in [1.29, 1.82) is 0 Å². The van der Waals surface area contributed by atoms with E-state index in [1.165, 1.54) is 30.6 Å². The molecule has 9 nitrogen and oxygen atoms in total. The monoisotopic (exact) mass is 570 g/mol. The molecule has 2 N–H and O–H groups in total. The quantitative estimate of drug-likeness (QED) is 0.444. The average Bonchev–Trinajstić information content (AvgIpc) is 2.89. The number of carbonyl (C=O) groups is 2. The number of nitrogens with one attached hydrogen (secondary N) is 1. The molecule has 0 saturated carbocycles. The van der Waals surface area contributed by atoms with Crippen molar-refractivity contribution in [3.8, 4) is 0 Å². The van der Waals surface area contributed by atoms with Crippen LogP contribution in [0.15, 0.2) is 42.7 Å². The van der Waals surface area contributed by atoms with Crippen molar-refractivity contribution in [3.63, 3.8) is 0 Å². The normalized spacial score (nSPS) is 19.3. The minimum Gasteiger partial charge on any atom is -0.396 e. The first-order chi connectivity index (χ1) is 18.9. The Morgan fingerprint density at radius 3 is 2.67 bits per heavy atom. The van der Waals surface area contributed by atoms with E-state index in [2.05, 4.69) is 20.3 Å². The second-order valence-corrected chi connectivity index (χ2v) is 11.6. The van der Waals surface area contributed by atoms with Gasteiger partial charge in [0.1, 0.15) is 5.82 Å². The van der Waals surface area contributed by atoms with Crippen molar-refractivity contribution < 1.29 is 23.5 Å². The Morgan fingerprint density at radius 1 is 1.23 bits per heavy atom. The molecular weight excluding hydrogens is 542 g/mol. The summed E-state index contributed by atoms with van der Waals surface area (Å²) in [5.41, 5.74) is -1.21. The maximum Gasteiger partial charge on any atom is 0.263 e. The van der Waals surface area contributed by atoms with Crippen molar-refractivity contribution in [1.82, 2.24) is 19.9 Å². The highest BCUT2D eigenvalue weighted by Gasteiger charge is 2.46. The summed E-state index contributed by atoms with van der Waals surface area (Å²) in [5, 5.41) is 12.5. The third kappa shape index (κ3) is 4.99. The van der Waals surface area contributed by atoms with E-state index in [1.54, 1.807) is 24.0 Å². The first-order valence-corrected chi connectivity index (χ1v) is 13.2. The molecule has 2 aliphatic rings. The molecule has 2 aromatic heterocycles. The van der Waals surface area contributed by atoms with Crippen LogP contribution in [0.4, 0.5) is 20.5 Å². The third-order valence-electron chi connectivity index (χ3n) is 7.43. The fourth-order valence-electron chi connectivity index (χ4n) is 5.06. The maximum atomic E-state index is 15.4. The molecule has 1 fully saturated rings. The van der Waals surface area contributed by atoms with Gasteiger partial charge in [-0.25, -0.2) is 23.7 Å². The van der Waals surface area contributed by atoms with E-state index in [4.69, 9.17) is 11.6 Å². The van der Waals surface area contributed by atoms with Gasteiger partial charge in [-0.15, -0.1) is 0 Å². The lowest BCUT2D eigenvalue weighted by Gasteiger charge is -2.42. The van der Waals surface area contributed by atoms with Crippen molar-refractivity contribution >= 4 is 35.2 Å². The Hall–Kier alpha value is -3.70. The van der Waals surface area contributed by atoms with Crippen LogP contribution in [0.2, 0.25) is 5.02 Å². The Labute approximate surface area is 235 Å². The van der Waals surface area contributed by atoms with Gasteiger partial charge in [0.25, 0.3) is 5.91 Å². The van der Waals surface area contributed by atoms with Crippen LogP contribution in [0.25, 0.3) is 0 Å². The minimum absolute atomic E-state index is 0.0556. The lowest BCUT2D eigenvalue weighted by atomic mass is 9.74. The van der Waals surface area contributed by atoms with E-state index in [0.29, 0.717) is 13.1 Å². The number of hydrogen-bond donors (Lipinski definition) is 2. The van der Waals surface area contributed by atoms with Gasteiger partial charge in [-0.1, -0.05) is 37.6 Å². The van der Waals surface area contributed by atoms with E-state index in [-0.39, 0.29) is 65.1 Å². The first kappa shape index (κ1) is 27.9. The molecule has 40 heavy (non-hydrogen) atoms. The third-order valence-corrected chi connectivity index (χ3v) is 7.72. The number of nitrogens with zero attached hydrogens (tertiary/aromatic N) is 5. The SMILES string of the molecule is CC(C)(CO)CC(=O)N1CC(Nc2ncc3c(n2)[C@](C)(c2cccc(Cl)c2F)CN(c2ncccc2F)C3=O)C1. The molecule has 0 aliphatic carbocycles. The molecule has 4 heterocycles. The Kier molecular flexibility index (Phi) is 7.22. The molecule has 0 radical (unpaired) electrons. The van der Waals surface area contributed by atoms with E-state index in [0.717, 1.165) is 4.90 Å². The van der Waals surface area contributed by atoms with Crippen LogP contribution in [0.5, 0.6) is 0 Å². The topological polar surface area (TPSA) is 112 Å². The number of likely N-dealkylation sites (tertiary alicyclic amines) is 1. The molecule has 12 heteroatoms. The van der Waals surface area contributed by atoms with Gasteiger partial charge >= 0.3 is 0 Å². The number of hydrogen-bond acceptors (Lipinski definition) is 7. The molecule has 0 spiro atoms. The lowest BCUT2D eigenvalue weighted by molar-refractivity contribution is -0.137. The van der Waals surface area contributed by atoms with Crippen LogP contribution >= 0.6 is 11.6 Å². The van der Waals surface area contributed by atoms with Gasteiger partial charge < -0.3 is 15.3 Å². The van der Waals surface area contributed by atoms with Crippen molar-refractivity contribution in [2.75, 3.05) is 36.5 Å². The Morgan fingerprint density at radius 2 is 1.98 bits per heavy atom. The van der Waals surface area contributed by atoms with E-state index in [9.17, 15) is 19.1 Å². The van der Waals surface area contributed by atoms with Crippen molar-refractivity contribution in [2.45, 2.75) is 38.6 Å². The summed E-state index contributed by atoms with van der Waals surface area (Å²) in [6.45, 7) is 5.97. The summed E-state index contributed by atoms with van der Waals surface area (Å²) in [6, 6.07) is 7.07. The number of fused-ring (bicyclic) bond motifs is 1. The van der Waals surface area contributed by atoms with Crippen LogP contribution in [0.1, 0.15) is 48.8 Å². The lowest BCUT2D eigenvalue weighted by Crippen LogP contribution is -2.58. The number of halogens is 3. The number of aliphatic hydroxyl groups is 1. The van der Waals surface area contributed by atoms with Crippen molar-refractivity contribution in [3.05, 3.63) is 76.2 Å². The zero-order chi connectivity index (χ0) is 28.8. The molecular formula is C28H29ClF2N6O3. The molecule has 2 aliphatic heterocycles. The summed E-state index contributed by atoms with van der Waals surface area (Å²) >= 11 is 6.13. The molecule has 3 aromatic rings. The molecule has 0 bridgehead atoms. The minimum atomic E-state index is -1.24. The van der Waals surface area contributed by atoms with Gasteiger partial charge in [0, 0.05) is 50.6 Å². The van der Waals surface area contributed by atoms with Gasteiger partial charge in [0.2, 0.25) is 11.9 Å². The number of rotatable bonds is 7. The highest BCUT2D eigenvalue weighted by atomic mass is 35.5. The number of aliphatic hydroxyl groups excluding tert-OH is 1. The predicted molar refractivity (Wildman–Crippen MR) is 145 cm³/mol. The largest absolute Gasteiger partial charge is 0.396 e. The molecule has 1 atom stereocenters. The molecule has 2 amide bonds. The summed E-state index contributed by atoms with van der Waals surface area (Å²) in [4.78, 5) is 41.9. The van der Waals surface area contributed by atoms with Crippen LogP contribution < -0.4 is 10.2 Å². The summed E-state index contributed by atoms with van der Waals surface area (Å²) in [5.74, 6) is -1.95. The first-order valence-electron chi connectivity index (χ1n) is 12.8. The van der Waals surface area contributed by atoms with Crippen LogP contribution in [0.3, 0.4) is 0 Å². The Balaban J connectivity index is 1.46. The number of pyridine rings is 1. The van der Waals surface area contributed by atoms with Crippen LogP contribution in [-0.4, -0.2) is 69.1 Å². The van der Waals surface area contributed by atoms with Gasteiger partial charge in [-0.3, -0.25) is 14.5 Å². The van der Waals surface area contributed by atoms with Gasteiger partial charge in [0.05, 0.1) is 27.7 Å². The summed E-state index contributed by atoms with van der Waals surface area (Å²) in [7, 11) is 0. The second-order valence-electron chi connectivity index (χ2n) is 11.2. The number of carbonyl (C=O) groups excluding carboxylic acids is 2. The molecule has 210 valence electrons. The number of aromatic nitrogens is 3. The highest BCUT2D eigenvalue weighted by Crippen LogP contribution is 2.42. The predicted octanol–water partition coefficient (Wildman–Crippen LogP) is 3.80. The van der Waals surface area contributed by atoms with Crippen molar-refractivity contribution in [2.24, 2.45) is 5.41 Å². The second kappa shape index (κ2) is 10.4. The van der Waals surface area contributed by atoms with Crippen LogP contribution in [0, 0.1) is 17.0 Å². The number of anilines is 2. The fourth-order valence-corrected chi connectivity index (χ4v) is 5.23. The smallest absolute Gasteiger partial charge is 0.263 e. The molecule has 0 unspecified atom stereocenters. The van der Waals surface area contributed by atoms with E-state index < -0.39 is 28.4 Å². The molecule has 1 aromatic carbocycles. The average molecular weight is 571 g/mol. The zero-order valence-corrected chi connectivity index (χ0v) is 23.0. The fraction of sp³-hybridized carbons (Fsp3) is 0.393. The Bertz CT molecular complexity index is 1480. The summed E-state index contributed by atoms with van der Waals surface area (Å²) < 4.78 is 30.2. The van der Waals surface area contributed by atoms with Gasteiger partial charge in [0.15, 0.2) is 11.6 Å². The number of benzene rings is 1. The van der Waals surface area contributed by atoms with Gasteiger partial charge in [-0.2, -0.15) is 0 Å². The van der Waals surface area contributed by atoms with Crippen LogP contribution in [-0.2, 0) is 10.2 Å². The number of amides is 2. The summed E-state index contributed by atoms with van der Waals surface area (Å²) in [6.07, 6.45) is 2.94. The van der Waals surface area contributed by atoms with E-state index >= 15 is 4.39 Å². The maximum absolute atomic E-state index is 15.4. The molecule has 5 rings (SSSR count). The van der Waals surface area contributed by atoms with Gasteiger partial charge in [-0.05, 0) is 30.5 Å². The molecule has 1 saturated heterocycles. The zero-order valence-electron chi connectivity index (χ0n) is 22.3. The van der Waals surface area contributed by atoms with E-state index in [1.807, 2.05) is 13.8 Å². The standard InChI is InChI=1S/C28H29ClF2N6O3/c1-27(2,15-38)10-21(39)36-12-16(13-36)34-26-33-11-17-23(35-26)28(3,18-6-4-7-19(29)22(18)31)14-37(25(17)40)24-20(30)8-5-9-32-24/h4-9,11,16,38H,10,12-15H2,1-3H3,(H,33,34,35)/t28-/m0/s1.